The molecule has 37 heavy (non-hydrogen) atoms. The van der Waals surface area contributed by atoms with E-state index in [1.165, 1.54) is 4.90 Å². The number of hydrogen-bond acceptors (Lipinski definition) is 3. The van der Waals surface area contributed by atoms with E-state index in [1.807, 2.05) is 0 Å². The van der Waals surface area contributed by atoms with Crippen LogP contribution in [0.5, 0.6) is 0 Å². The van der Waals surface area contributed by atoms with Gasteiger partial charge in [0, 0.05) is 29.7 Å². The van der Waals surface area contributed by atoms with Crippen LogP contribution in [0.3, 0.4) is 0 Å². The summed E-state index contributed by atoms with van der Waals surface area (Å²) in [5.74, 6) is -0.340. The van der Waals surface area contributed by atoms with E-state index < -0.39 is 39.4 Å². The van der Waals surface area contributed by atoms with Gasteiger partial charge in [-0.2, -0.15) is 26.3 Å². The van der Waals surface area contributed by atoms with Crippen molar-refractivity contribution in [3.63, 3.8) is 0 Å². The predicted molar refractivity (Wildman–Crippen MR) is 124 cm³/mol. The summed E-state index contributed by atoms with van der Waals surface area (Å²) in [5.41, 5.74) is -5.91. The van der Waals surface area contributed by atoms with Crippen molar-refractivity contribution in [2.24, 2.45) is 0 Å². The third-order valence-corrected chi connectivity index (χ3v) is 8.48. The molecule has 1 aliphatic heterocycles. The quantitative estimate of drug-likeness (QED) is 0.341. The molecule has 0 spiro atoms. The van der Waals surface area contributed by atoms with Crippen LogP contribution in [0.25, 0.3) is 0 Å². The van der Waals surface area contributed by atoms with Crippen LogP contribution in [-0.4, -0.2) is 45.9 Å². The lowest BCUT2D eigenvalue weighted by molar-refractivity contribution is -0.376. The van der Waals surface area contributed by atoms with Crippen molar-refractivity contribution in [1.29, 1.82) is 0 Å². The third-order valence-electron chi connectivity index (χ3n) is 6.50. The second-order valence-corrected chi connectivity index (χ2v) is 10.5. The topological polar surface area (TPSA) is 63.6 Å². The Kier molecular flexibility index (Phi) is 7.08. The molecule has 1 fully saturated rings. The molecule has 11 heteroatoms. The van der Waals surface area contributed by atoms with Gasteiger partial charge in [-0.25, -0.2) is 0 Å². The number of carbonyl (C=O) groups excluding carboxylic acids is 1. The molecule has 1 N–H and O–H groups in total. The smallest absolute Gasteiger partial charge is 0.430 e. The Balaban J connectivity index is 1.76. The Morgan fingerprint density at radius 1 is 0.838 bits per heavy atom. The molecule has 4 rings (SSSR count). The maximum atomic E-state index is 13.8. The van der Waals surface area contributed by atoms with Gasteiger partial charge in [0.15, 0.2) is 9.64 Å². The van der Waals surface area contributed by atoms with Crippen LogP contribution >= 0.6 is 0 Å². The van der Waals surface area contributed by atoms with Gasteiger partial charge < -0.3 is 14.6 Å². The number of benzene rings is 3. The first-order valence-electron chi connectivity index (χ1n) is 11.1. The summed E-state index contributed by atoms with van der Waals surface area (Å²) >= 11 is -1.82. The number of hydrogen-bond donors (Lipinski definition) is 1. The second-order valence-electron chi connectivity index (χ2n) is 8.70. The minimum atomic E-state index is -6.02. The van der Waals surface area contributed by atoms with Crippen molar-refractivity contribution >= 4 is 17.1 Å². The van der Waals surface area contributed by atoms with Crippen LogP contribution in [0.1, 0.15) is 27.9 Å². The molecule has 2 unspecified atom stereocenters. The average molecular weight is 542 g/mol. The van der Waals surface area contributed by atoms with E-state index in [-0.39, 0.29) is 31.0 Å². The van der Waals surface area contributed by atoms with E-state index >= 15 is 0 Å². The standard InChI is InChI=1S/C26H21F6NO3S/c27-25(28,29)24(35,26(30,31)32)20-13-11-19(12-14-20)23(37(36)21-9-5-2-6-10-21)15-16-33(17-23)22(34)18-7-3-1-4-8-18/h1-14,35H,15-17H2. The molecule has 1 heterocycles. The van der Waals surface area contributed by atoms with Crippen LogP contribution < -0.4 is 0 Å². The molecule has 196 valence electrons. The van der Waals surface area contributed by atoms with Crippen LogP contribution in [0, 0.1) is 0 Å². The zero-order valence-electron chi connectivity index (χ0n) is 19.1. The summed E-state index contributed by atoms with van der Waals surface area (Å²) < 4.78 is 92.6. The maximum absolute atomic E-state index is 13.8. The lowest BCUT2D eigenvalue weighted by atomic mass is 9.89. The van der Waals surface area contributed by atoms with Crippen LogP contribution in [0.4, 0.5) is 26.3 Å². The van der Waals surface area contributed by atoms with Crippen LogP contribution in [-0.2, 0) is 21.5 Å². The molecule has 3 aromatic carbocycles. The van der Waals surface area contributed by atoms with Crippen molar-refractivity contribution < 1.29 is 40.8 Å². The van der Waals surface area contributed by atoms with Crippen molar-refractivity contribution in [2.75, 3.05) is 13.1 Å². The average Bonchev–Trinajstić information content (AvgIpc) is 3.34. The van der Waals surface area contributed by atoms with Crippen molar-refractivity contribution in [3.05, 3.63) is 102 Å². The van der Waals surface area contributed by atoms with Gasteiger partial charge in [-0.05, 0) is 35.4 Å². The molecule has 1 saturated heterocycles. The number of likely N-dealkylation sites (tertiary alicyclic amines) is 1. The molecular weight excluding hydrogens is 520 g/mol. The highest BCUT2D eigenvalue weighted by molar-refractivity contribution is 7.92. The normalized spacial score (nSPS) is 19.6. The maximum Gasteiger partial charge on any atom is 0.430 e. The molecule has 0 saturated carbocycles. The van der Waals surface area contributed by atoms with Crippen molar-refractivity contribution in [2.45, 2.75) is 34.0 Å². The van der Waals surface area contributed by atoms with Crippen LogP contribution in [0.15, 0.2) is 89.8 Å². The predicted octanol–water partition coefficient (Wildman–Crippen LogP) is 5.55. The molecule has 3 aromatic rings. The zero-order chi connectivity index (χ0) is 27.1. The molecule has 0 aliphatic carbocycles. The van der Waals surface area contributed by atoms with Gasteiger partial charge in [0.25, 0.3) is 11.5 Å². The van der Waals surface area contributed by atoms with Gasteiger partial charge in [-0.1, -0.05) is 60.7 Å². The number of alkyl halides is 6. The summed E-state index contributed by atoms with van der Waals surface area (Å²) in [6.45, 7) is 0.0908. The van der Waals surface area contributed by atoms with Gasteiger partial charge in [-0.15, -0.1) is 0 Å². The van der Waals surface area contributed by atoms with Crippen LogP contribution in [0.2, 0.25) is 0 Å². The highest BCUT2D eigenvalue weighted by Gasteiger charge is 2.71. The van der Waals surface area contributed by atoms with E-state index in [2.05, 4.69) is 0 Å². The van der Waals surface area contributed by atoms with Gasteiger partial charge in [-0.3, -0.25) is 4.79 Å². The first kappa shape index (κ1) is 27.0. The number of aliphatic hydroxyl groups is 1. The molecule has 2 atom stereocenters. The Morgan fingerprint density at radius 2 is 1.35 bits per heavy atom. The molecule has 0 bridgehead atoms. The van der Waals surface area contributed by atoms with Crippen molar-refractivity contribution in [1.82, 2.24) is 4.90 Å². The Morgan fingerprint density at radius 3 is 1.86 bits per heavy atom. The first-order valence-corrected chi connectivity index (χ1v) is 12.2. The number of nitrogens with zero attached hydrogens (tertiary/aromatic N) is 1. The molecule has 1 amide bonds. The third kappa shape index (κ3) is 4.71. The molecule has 4 nitrogen and oxygen atoms in total. The van der Waals surface area contributed by atoms with E-state index in [4.69, 9.17) is 0 Å². The van der Waals surface area contributed by atoms with Gasteiger partial charge >= 0.3 is 12.4 Å². The second kappa shape index (κ2) is 9.70. The first-order chi connectivity index (χ1) is 17.3. The summed E-state index contributed by atoms with van der Waals surface area (Å²) in [5, 5.41) is 9.74. The number of halogens is 6. The summed E-state index contributed by atoms with van der Waals surface area (Å²) in [4.78, 5) is 14.9. The fourth-order valence-electron chi connectivity index (χ4n) is 4.49. The van der Waals surface area contributed by atoms with E-state index in [0.717, 1.165) is 12.1 Å². The fraction of sp³-hybridized carbons (Fsp3) is 0.269. The molecule has 0 radical (unpaired) electrons. The Hall–Kier alpha value is -3.02. The summed E-state index contributed by atoms with van der Waals surface area (Å²) in [7, 11) is 0. The van der Waals surface area contributed by atoms with Gasteiger partial charge in [0.05, 0.1) is 6.54 Å². The fourth-order valence-corrected chi connectivity index (χ4v) is 6.24. The van der Waals surface area contributed by atoms with E-state index in [1.54, 1.807) is 60.7 Å². The number of carbonyl (C=O) groups is 1. The monoisotopic (exact) mass is 541 g/mol. The van der Waals surface area contributed by atoms with Gasteiger partial charge in [0.1, 0.15) is 0 Å². The lowest BCUT2D eigenvalue weighted by Gasteiger charge is -2.34. The molecule has 1 aliphatic rings. The highest BCUT2D eigenvalue weighted by Crippen LogP contribution is 2.51. The SMILES string of the molecule is O=C(c1ccccc1)N1CCC(c2ccc(C(O)(C(F)(F)F)C(F)(F)F)cc2)([S+]([O-])c2ccccc2)C1. The van der Waals surface area contributed by atoms with E-state index in [9.17, 15) is 40.8 Å². The lowest BCUT2D eigenvalue weighted by Crippen LogP contribution is -2.54. The van der Waals surface area contributed by atoms with Crippen molar-refractivity contribution in [3.8, 4) is 0 Å². The molecular formula is C26H21F6NO3S. The largest absolute Gasteiger partial charge is 0.611 e. The van der Waals surface area contributed by atoms with Gasteiger partial charge in [0.2, 0.25) is 0 Å². The zero-order valence-corrected chi connectivity index (χ0v) is 19.9. The Bertz CT molecular complexity index is 1220. The number of amides is 1. The molecule has 0 aromatic heterocycles. The van der Waals surface area contributed by atoms with E-state index in [0.29, 0.717) is 22.6 Å². The highest BCUT2D eigenvalue weighted by atomic mass is 32.2. The number of rotatable bonds is 5. The summed E-state index contributed by atoms with van der Waals surface area (Å²) in [6.07, 6.45) is -11.9. The summed E-state index contributed by atoms with van der Waals surface area (Å²) in [6, 6.07) is 19.6. The minimum absolute atomic E-state index is 0.0790. The Labute approximate surface area is 211 Å². The minimum Gasteiger partial charge on any atom is -0.611 e.